The molecule has 0 bridgehead atoms. The molecule has 1 heterocycles. The van der Waals surface area contributed by atoms with Crippen LogP contribution in [0.15, 0.2) is 34.9 Å². The fourth-order valence-corrected chi connectivity index (χ4v) is 2.01. The normalized spacial score (nSPS) is 10.2. The van der Waals surface area contributed by atoms with E-state index in [0.717, 1.165) is 5.69 Å². The smallest absolute Gasteiger partial charge is 0.259 e. The van der Waals surface area contributed by atoms with Gasteiger partial charge in [-0.05, 0) is 47.1 Å². The van der Waals surface area contributed by atoms with Crippen molar-refractivity contribution in [2.24, 2.45) is 5.84 Å². The lowest BCUT2D eigenvalue weighted by atomic mass is 10.2. The number of aromatic nitrogens is 1. The van der Waals surface area contributed by atoms with Gasteiger partial charge >= 0.3 is 0 Å². The van der Waals surface area contributed by atoms with E-state index in [1.54, 1.807) is 13.0 Å². The molecule has 1 amide bonds. The molecule has 0 saturated carbocycles. The zero-order chi connectivity index (χ0) is 14.7. The summed E-state index contributed by atoms with van der Waals surface area (Å²) in [5, 5.41) is 2.65. The van der Waals surface area contributed by atoms with Gasteiger partial charge in [-0.1, -0.05) is 0 Å². The largest absolute Gasteiger partial charge is 0.323 e. The number of carbonyl (C=O) groups is 1. The highest BCUT2D eigenvalue weighted by Gasteiger charge is 2.12. The minimum absolute atomic E-state index is 0.273. The van der Waals surface area contributed by atoms with Crippen LogP contribution >= 0.6 is 15.9 Å². The summed E-state index contributed by atoms with van der Waals surface area (Å²) in [6.07, 6.45) is 1.43. The van der Waals surface area contributed by atoms with Crippen molar-refractivity contribution in [3.8, 4) is 0 Å². The highest BCUT2D eigenvalue weighted by atomic mass is 79.9. The number of nitrogens with two attached hydrogens (primary N) is 1. The number of rotatable bonds is 3. The lowest BCUT2D eigenvalue weighted by molar-refractivity contribution is 0.102. The van der Waals surface area contributed by atoms with Crippen molar-refractivity contribution in [1.82, 2.24) is 4.98 Å². The number of carbonyl (C=O) groups excluding carboxylic acids is 1. The van der Waals surface area contributed by atoms with E-state index in [0.29, 0.717) is 16.9 Å². The second kappa shape index (κ2) is 5.98. The van der Waals surface area contributed by atoms with E-state index in [1.807, 2.05) is 0 Å². The average molecular weight is 339 g/mol. The molecule has 0 radical (unpaired) electrons. The Hall–Kier alpha value is -1.99. The SMILES string of the molecule is Cc1cc(NN)c(C(=O)Nc2ccc(F)c(Br)c2)cn1. The van der Waals surface area contributed by atoms with Gasteiger partial charge in [0, 0.05) is 17.6 Å². The van der Waals surface area contributed by atoms with E-state index in [1.165, 1.54) is 24.4 Å². The maximum Gasteiger partial charge on any atom is 0.259 e. The highest BCUT2D eigenvalue weighted by Crippen LogP contribution is 2.21. The van der Waals surface area contributed by atoms with Crippen molar-refractivity contribution < 1.29 is 9.18 Å². The van der Waals surface area contributed by atoms with Gasteiger partial charge in [0.05, 0.1) is 15.7 Å². The molecule has 1 aromatic carbocycles. The third-order valence-corrected chi connectivity index (χ3v) is 3.23. The summed E-state index contributed by atoms with van der Waals surface area (Å²) in [6.45, 7) is 1.79. The van der Waals surface area contributed by atoms with E-state index in [-0.39, 0.29) is 10.4 Å². The summed E-state index contributed by atoms with van der Waals surface area (Å²) < 4.78 is 13.4. The molecule has 0 atom stereocenters. The first-order valence-corrected chi connectivity index (χ1v) is 6.50. The molecule has 5 nitrogen and oxygen atoms in total. The number of pyridine rings is 1. The van der Waals surface area contributed by atoms with Crippen LogP contribution in [0, 0.1) is 12.7 Å². The number of halogens is 2. The van der Waals surface area contributed by atoms with Crippen LogP contribution in [0.1, 0.15) is 16.1 Å². The molecule has 0 aliphatic heterocycles. The number of hydrogen-bond donors (Lipinski definition) is 3. The van der Waals surface area contributed by atoms with Gasteiger partial charge in [0.2, 0.25) is 0 Å². The van der Waals surface area contributed by atoms with Gasteiger partial charge < -0.3 is 10.7 Å². The van der Waals surface area contributed by atoms with Crippen LogP contribution in [0.25, 0.3) is 0 Å². The van der Waals surface area contributed by atoms with E-state index in [4.69, 9.17) is 5.84 Å². The zero-order valence-electron chi connectivity index (χ0n) is 10.6. The number of nitrogens with one attached hydrogen (secondary N) is 2. The quantitative estimate of drug-likeness (QED) is 0.593. The van der Waals surface area contributed by atoms with Gasteiger partial charge in [-0.3, -0.25) is 15.6 Å². The first-order chi connectivity index (χ1) is 9.51. The van der Waals surface area contributed by atoms with Crippen LogP contribution < -0.4 is 16.6 Å². The highest BCUT2D eigenvalue weighted by molar-refractivity contribution is 9.10. The van der Waals surface area contributed by atoms with Crippen molar-refractivity contribution in [2.75, 3.05) is 10.7 Å². The lowest BCUT2D eigenvalue weighted by Crippen LogP contribution is -2.18. The van der Waals surface area contributed by atoms with Gasteiger partial charge in [0.1, 0.15) is 5.82 Å². The number of amides is 1. The number of hydrogen-bond acceptors (Lipinski definition) is 4. The van der Waals surface area contributed by atoms with Crippen molar-refractivity contribution >= 4 is 33.2 Å². The van der Waals surface area contributed by atoms with E-state index >= 15 is 0 Å². The third kappa shape index (κ3) is 3.12. The number of benzene rings is 1. The molecule has 2 rings (SSSR count). The Bertz CT molecular complexity index is 663. The minimum atomic E-state index is -0.399. The first-order valence-electron chi connectivity index (χ1n) is 5.71. The summed E-state index contributed by atoms with van der Waals surface area (Å²) in [7, 11) is 0. The molecule has 20 heavy (non-hydrogen) atoms. The molecule has 2 aromatic rings. The fourth-order valence-electron chi connectivity index (χ4n) is 1.63. The molecule has 0 unspecified atom stereocenters. The van der Waals surface area contributed by atoms with Crippen LogP contribution in [0.2, 0.25) is 0 Å². The van der Waals surface area contributed by atoms with Crippen LogP contribution in [-0.4, -0.2) is 10.9 Å². The molecule has 0 fully saturated rings. The molecule has 104 valence electrons. The Morgan fingerprint density at radius 3 is 2.80 bits per heavy atom. The molecule has 0 aliphatic rings. The Kier molecular flexibility index (Phi) is 4.31. The molecular weight excluding hydrogens is 327 g/mol. The van der Waals surface area contributed by atoms with Crippen molar-refractivity contribution in [3.63, 3.8) is 0 Å². The zero-order valence-corrected chi connectivity index (χ0v) is 12.2. The number of hydrazine groups is 1. The minimum Gasteiger partial charge on any atom is -0.323 e. The third-order valence-electron chi connectivity index (χ3n) is 2.62. The lowest BCUT2D eigenvalue weighted by Gasteiger charge is -2.10. The Morgan fingerprint density at radius 2 is 2.15 bits per heavy atom. The maximum atomic E-state index is 13.1. The van der Waals surface area contributed by atoms with E-state index in [9.17, 15) is 9.18 Å². The topological polar surface area (TPSA) is 80.0 Å². The molecule has 4 N–H and O–H groups in total. The Balaban J connectivity index is 2.25. The Morgan fingerprint density at radius 1 is 1.40 bits per heavy atom. The van der Waals surface area contributed by atoms with E-state index < -0.39 is 5.82 Å². The van der Waals surface area contributed by atoms with Crippen molar-refractivity contribution in [3.05, 3.63) is 52.0 Å². The summed E-state index contributed by atoms with van der Waals surface area (Å²) in [5.74, 6) is 4.60. The molecule has 7 heteroatoms. The molecule has 1 aromatic heterocycles. The molecule has 0 spiro atoms. The summed E-state index contributed by atoms with van der Waals surface area (Å²) in [5.41, 5.74) is 4.43. The average Bonchev–Trinajstić information content (AvgIpc) is 2.42. The van der Waals surface area contributed by atoms with Crippen LogP contribution in [0.4, 0.5) is 15.8 Å². The number of nitrogens with zero attached hydrogens (tertiary/aromatic N) is 1. The van der Waals surface area contributed by atoms with Crippen molar-refractivity contribution in [2.45, 2.75) is 6.92 Å². The van der Waals surface area contributed by atoms with Crippen molar-refractivity contribution in [1.29, 1.82) is 0 Å². The van der Waals surface area contributed by atoms with Gasteiger partial charge in [0.25, 0.3) is 5.91 Å². The summed E-state index contributed by atoms with van der Waals surface area (Å²) in [6, 6.07) is 5.87. The second-order valence-corrected chi connectivity index (χ2v) is 4.95. The summed E-state index contributed by atoms with van der Waals surface area (Å²) in [4.78, 5) is 16.2. The van der Waals surface area contributed by atoms with Crippen LogP contribution in [0.5, 0.6) is 0 Å². The molecule has 0 aliphatic carbocycles. The standard InChI is InChI=1S/C13H12BrFN4O/c1-7-4-12(19-16)9(6-17-7)13(20)18-8-2-3-11(15)10(14)5-8/h2-6H,16H2,1H3,(H,17,19)(H,18,20). The van der Waals surface area contributed by atoms with Gasteiger partial charge in [0.15, 0.2) is 0 Å². The Labute approximate surface area is 123 Å². The number of nitrogen functional groups attached to an aromatic ring is 1. The van der Waals surface area contributed by atoms with Crippen LogP contribution in [0.3, 0.4) is 0 Å². The second-order valence-electron chi connectivity index (χ2n) is 4.10. The molecule has 0 saturated heterocycles. The van der Waals surface area contributed by atoms with Gasteiger partial charge in [-0.15, -0.1) is 0 Å². The fraction of sp³-hybridized carbons (Fsp3) is 0.0769. The predicted octanol–water partition coefficient (Wildman–Crippen LogP) is 2.83. The maximum absolute atomic E-state index is 13.1. The van der Waals surface area contributed by atoms with Gasteiger partial charge in [-0.2, -0.15) is 0 Å². The predicted molar refractivity (Wildman–Crippen MR) is 78.8 cm³/mol. The monoisotopic (exact) mass is 338 g/mol. The first kappa shape index (κ1) is 14.4. The number of aryl methyl sites for hydroxylation is 1. The van der Waals surface area contributed by atoms with Crippen LogP contribution in [-0.2, 0) is 0 Å². The molecular formula is C13H12BrFN4O. The number of anilines is 2. The van der Waals surface area contributed by atoms with Gasteiger partial charge in [-0.25, -0.2) is 4.39 Å². The summed E-state index contributed by atoms with van der Waals surface area (Å²) >= 11 is 3.06. The van der Waals surface area contributed by atoms with E-state index in [2.05, 4.69) is 31.7 Å².